The monoisotopic (exact) mass is 244 g/mol. The Bertz CT molecular complexity index is 360. The molecular formula is C11H17ClN2S. The fourth-order valence-electron chi connectivity index (χ4n) is 2.12. The van der Waals surface area contributed by atoms with Gasteiger partial charge in [-0.1, -0.05) is 25.4 Å². The number of fused-ring (bicyclic) bond motifs is 1. The van der Waals surface area contributed by atoms with Crippen molar-refractivity contribution in [2.45, 2.75) is 26.8 Å². The molecule has 1 aliphatic heterocycles. The maximum atomic E-state index is 6.05. The zero-order valence-electron chi connectivity index (χ0n) is 9.22. The van der Waals surface area contributed by atoms with Gasteiger partial charge in [-0.2, -0.15) is 0 Å². The third-order valence-electron chi connectivity index (χ3n) is 2.75. The van der Waals surface area contributed by atoms with Gasteiger partial charge >= 0.3 is 0 Å². The minimum absolute atomic E-state index is 0.722. The van der Waals surface area contributed by atoms with E-state index in [2.05, 4.69) is 18.7 Å². The van der Waals surface area contributed by atoms with Crippen LogP contribution in [0.15, 0.2) is 0 Å². The van der Waals surface area contributed by atoms with E-state index in [1.165, 1.54) is 10.4 Å². The molecule has 1 aliphatic rings. The van der Waals surface area contributed by atoms with Gasteiger partial charge in [0.15, 0.2) is 0 Å². The predicted octanol–water partition coefficient (Wildman–Crippen LogP) is 3.00. The summed E-state index contributed by atoms with van der Waals surface area (Å²) in [6.45, 7) is 7.81. The van der Waals surface area contributed by atoms with Gasteiger partial charge in [0.2, 0.25) is 0 Å². The second-order valence-corrected chi connectivity index (χ2v) is 6.28. The van der Waals surface area contributed by atoms with Gasteiger partial charge in [0.25, 0.3) is 0 Å². The second kappa shape index (κ2) is 4.32. The van der Waals surface area contributed by atoms with Crippen molar-refractivity contribution in [1.82, 2.24) is 4.90 Å². The normalized spacial score (nSPS) is 17.1. The number of thiophene rings is 1. The standard InChI is InChI=1S/C11H17ClN2S/c1-7(2)5-14-4-3-8-9(6-14)15-11(12)10(8)13/h7H,3-6,13H2,1-2H3. The maximum Gasteiger partial charge on any atom is 0.116 e. The Morgan fingerprint density at radius 1 is 1.53 bits per heavy atom. The number of halogens is 1. The highest BCUT2D eigenvalue weighted by Gasteiger charge is 2.22. The van der Waals surface area contributed by atoms with E-state index in [0.717, 1.165) is 42.0 Å². The summed E-state index contributed by atoms with van der Waals surface area (Å²) in [6, 6.07) is 0. The molecule has 0 bridgehead atoms. The lowest BCUT2D eigenvalue weighted by atomic mass is 10.1. The SMILES string of the molecule is CC(C)CN1CCc2c(sc(Cl)c2N)C1. The third-order valence-corrected chi connectivity index (χ3v) is 4.21. The lowest BCUT2D eigenvalue weighted by Gasteiger charge is -2.28. The molecule has 0 spiro atoms. The molecular weight excluding hydrogens is 228 g/mol. The quantitative estimate of drug-likeness (QED) is 0.867. The zero-order valence-corrected chi connectivity index (χ0v) is 10.8. The van der Waals surface area contributed by atoms with Gasteiger partial charge in [0, 0.05) is 24.5 Å². The summed E-state index contributed by atoms with van der Waals surface area (Å²) in [5.74, 6) is 0.722. The van der Waals surface area contributed by atoms with E-state index in [0.29, 0.717) is 0 Å². The van der Waals surface area contributed by atoms with Crippen molar-refractivity contribution >= 4 is 28.6 Å². The summed E-state index contributed by atoms with van der Waals surface area (Å²) in [6.07, 6.45) is 1.05. The second-order valence-electron chi connectivity index (χ2n) is 4.57. The summed E-state index contributed by atoms with van der Waals surface area (Å²) >= 11 is 7.69. The number of hydrogen-bond acceptors (Lipinski definition) is 3. The fraction of sp³-hybridized carbons (Fsp3) is 0.636. The van der Waals surface area contributed by atoms with Gasteiger partial charge in [-0.3, -0.25) is 4.90 Å². The lowest BCUT2D eigenvalue weighted by molar-refractivity contribution is 0.229. The summed E-state index contributed by atoms with van der Waals surface area (Å²) in [5, 5.41) is 0. The number of nitrogens with two attached hydrogens (primary N) is 1. The minimum Gasteiger partial charge on any atom is -0.397 e. The Balaban J connectivity index is 2.13. The average Bonchev–Trinajstić information content (AvgIpc) is 2.41. The van der Waals surface area contributed by atoms with E-state index in [1.54, 1.807) is 11.3 Å². The Labute approximate surface area is 100 Å². The fourth-order valence-corrected chi connectivity index (χ4v) is 3.54. The first-order valence-electron chi connectivity index (χ1n) is 5.35. The van der Waals surface area contributed by atoms with E-state index in [1.807, 2.05) is 0 Å². The number of anilines is 1. The summed E-state index contributed by atoms with van der Waals surface area (Å²) in [5.41, 5.74) is 8.05. The zero-order chi connectivity index (χ0) is 11.0. The molecule has 1 aromatic rings. The van der Waals surface area contributed by atoms with E-state index < -0.39 is 0 Å². The molecule has 0 atom stereocenters. The van der Waals surface area contributed by atoms with Crippen LogP contribution in [0.4, 0.5) is 5.69 Å². The molecule has 0 unspecified atom stereocenters. The minimum atomic E-state index is 0.722. The van der Waals surface area contributed by atoms with Crippen LogP contribution in [0.25, 0.3) is 0 Å². The number of nitrogens with zero attached hydrogens (tertiary/aromatic N) is 1. The van der Waals surface area contributed by atoms with Crippen LogP contribution >= 0.6 is 22.9 Å². The molecule has 2 nitrogen and oxygen atoms in total. The Hall–Kier alpha value is -0.250. The van der Waals surface area contributed by atoms with Crippen molar-refractivity contribution in [1.29, 1.82) is 0 Å². The molecule has 0 radical (unpaired) electrons. The van der Waals surface area contributed by atoms with Crippen LogP contribution < -0.4 is 5.73 Å². The Morgan fingerprint density at radius 2 is 2.27 bits per heavy atom. The van der Waals surface area contributed by atoms with Gasteiger partial charge < -0.3 is 5.73 Å². The summed E-state index contributed by atoms with van der Waals surface area (Å²) in [4.78, 5) is 3.85. The van der Waals surface area contributed by atoms with Gasteiger partial charge in [-0.15, -0.1) is 11.3 Å². The highest BCUT2D eigenvalue weighted by molar-refractivity contribution is 7.17. The number of nitrogen functional groups attached to an aromatic ring is 1. The maximum absolute atomic E-state index is 6.05. The molecule has 0 aliphatic carbocycles. The topological polar surface area (TPSA) is 29.3 Å². The lowest BCUT2D eigenvalue weighted by Crippen LogP contribution is -2.32. The molecule has 0 fully saturated rings. The largest absolute Gasteiger partial charge is 0.397 e. The van der Waals surface area contributed by atoms with Gasteiger partial charge in [-0.05, 0) is 17.9 Å². The molecule has 15 heavy (non-hydrogen) atoms. The van der Waals surface area contributed by atoms with Crippen molar-refractivity contribution in [3.63, 3.8) is 0 Å². The Morgan fingerprint density at radius 3 is 2.93 bits per heavy atom. The van der Waals surface area contributed by atoms with Crippen LogP contribution in [-0.4, -0.2) is 18.0 Å². The molecule has 4 heteroatoms. The predicted molar refractivity (Wildman–Crippen MR) is 67.6 cm³/mol. The van der Waals surface area contributed by atoms with Gasteiger partial charge in [0.05, 0.1) is 5.69 Å². The smallest absolute Gasteiger partial charge is 0.116 e. The first-order chi connectivity index (χ1) is 7.08. The van der Waals surface area contributed by atoms with Crippen LogP contribution in [0.2, 0.25) is 4.34 Å². The Kier molecular flexibility index (Phi) is 3.24. The molecule has 2 N–H and O–H groups in total. The molecule has 2 heterocycles. The molecule has 0 saturated carbocycles. The van der Waals surface area contributed by atoms with Crippen molar-refractivity contribution in [2.24, 2.45) is 5.92 Å². The summed E-state index contributed by atoms with van der Waals surface area (Å²) in [7, 11) is 0. The van der Waals surface area contributed by atoms with E-state index in [9.17, 15) is 0 Å². The van der Waals surface area contributed by atoms with Crippen molar-refractivity contribution in [3.8, 4) is 0 Å². The molecule has 0 saturated heterocycles. The first-order valence-corrected chi connectivity index (χ1v) is 6.55. The van der Waals surface area contributed by atoms with E-state index in [-0.39, 0.29) is 0 Å². The van der Waals surface area contributed by atoms with Gasteiger partial charge in [-0.25, -0.2) is 0 Å². The highest BCUT2D eigenvalue weighted by Crippen LogP contribution is 2.38. The van der Waals surface area contributed by atoms with E-state index in [4.69, 9.17) is 17.3 Å². The van der Waals surface area contributed by atoms with Crippen molar-refractivity contribution in [2.75, 3.05) is 18.8 Å². The third kappa shape index (κ3) is 2.30. The van der Waals surface area contributed by atoms with Crippen LogP contribution in [0.5, 0.6) is 0 Å². The first kappa shape index (κ1) is 11.2. The number of hydrogen-bond donors (Lipinski definition) is 1. The van der Waals surface area contributed by atoms with Crippen LogP contribution in [0.1, 0.15) is 24.3 Å². The molecule has 84 valence electrons. The molecule has 1 aromatic heterocycles. The van der Waals surface area contributed by atoms with E-state index >= 15 is 0 Å². The van der Waals surface area contributed by atoms with Crippen molar-refractivity contribution < 1.29 is 0 Å². The molecule has 0 amide bonds. The highest BCUT2D eigenvalue weighted by atomic mass is 35.5. The average molecular weight is 245 g/mol. The molecule has 2 rings (SSSR count). The van der Waals surface area contributed by atoms with Crippen molar-refractivity contribution in [3.05, 3.63) is 14.8 Å². The van der Waals surface area contributed by atoms with Crippen LogP contribution in [-0.2, 0) is 13.0 Å². The number of rotatable bonds is 2. The summed E-state index contributed by atoms with van der Waals surface area (Å²) < 4.78 is 0.770. The van der Waals surface area contributed by atoms with Crippen LogP contribution in [0, 0.1) is 5.92 Å². The molecule has 0 aromatic carbocycles. The van der Waals surface area contributed by atoms with Gasteiger partial charge in [0.1, 0.15) is 4.34 Å². The van der Waals surface area contributed by atoms with Crippen LogP contribution in [0.3, 0.4) is 0 Å².